The Bertz CT molecular complexity index is 741. The van der Waals surface area contributed by atoms with E-state index >= 15 is 0 Å². The number of terminal acetylenes is 1. The maximum atomic E-state index is 12.6. The van der Waals surface area contributed by atoms with E-state index in [-0.39, 0.29) is 17.8 Å². The molecule has 1 aromatic rings. The van der Waals surface area contributed by atoms with E-state index in [0.29, 0.717) is 12.8 Å². The summed E-state index contributed by atoms with van der Waals surface area (Å²) < 4.78 is 8.02. The van der Waals surface area contributed by atoms with Gasteiger partial charge in [0.15, 0.2) is 5.16 Å². The van der Waals surface area contributed by atoms with Crippen LogP contribution in [0.15, 0.2) is 5.16 Å². The second-order valence-corrected chi connectivity index (χ2v) is 9.41. The molecule has 1 atom stereocenters. The van der Waals surface area contributed by atoms with Crippen molar-refractivity contribution >= 4 is 23.6 Å². The fourth-order valence-electron chi connectivity index (χ4n) is 4.08. The van der Waals surface area contributed by atoms with Gasteiger partial charge in [-0.15, -0.1) is 16.6 Å². The molecule has 166 valence electrons. The van der Waals surface area contributed by atoms with Crippen LogP contribution in [0.25, 0.3) is 0 Å². The number of aromatic nitrogens is 3. The predicted molar refractivity (Wildman–Crippen MR) is 121 cm³/mol. The van der Waals surface area contributed by atoms with Crippen molar-refractivity contribution in [2.75, 3.05) is 30.3 Å². The second-order valence-electron chi connectivity index (χ2n) is 8.47. The van der Waals surface area contributed by atoms with E-state index in [0.717, 1.165) is 56.1 Å². The van der Waals surface area contributed by atoms with Crippen LogP contribution in [-0.2, 0) is 16.1 Å². The first-order chi connectivity index (χ1) is 14.5. The highest BCUT2D eigenvalue weighted by Gasteiger charge is 2.28. The molecule has 3 rings (SSSR count). The molecule has 3 heterocycles. The predicted octanol–water partition coefficient (Wildman–Crippen LogP) is 3.09. The lowest BCUT2D eigenvalue weighted by Crippen LogP contribution is -2.47. The molecule has 1 N–H and O–H groups in total. The molecule has 0 aliphatic carbocycles. The second kappa shape index (κ2) is 10.5. The Hall–Kier alpha value is -1.72. The Kier molecular flexibility index (Phi) is 8.06. The summed E-state index contributed by atoms with van der Waals surface area (Å²) in [7, 11) is 0. The molecule has 2 aliphatic heterocycles. The van der Waals surface area contributed by atoms with Crippen molar-refractivity contribution in [2.45, 2.75) is 82.6 Å². The summed E-state index contributed by atoms with van der Waals surface area (Å²) >= 11 is 1.42. The molecule has 30 heavy (non-hydrogen) atoms. The van der Waals surface area contributed by atoms with Gasteiger partial charge in [0.25, 0.3) is 0 Å². The first-order valence-electron chi connectivity index (χ1n) is 11.2. The number of anilines is 1. The minimum absolute atomic E-state index is 0.0679. The minimum Gasteiger partial charge on any atom is -0.376 e. The number of hydrogen-bond acceptors (Lipinski definition) is 6. The molecule has 1 amide bonds. The lowest BCUT2D eigenvalue weighted by molar-refractivity contribution is -0.119. The maximum Gasteiger partial charge on any atom is 0.231 e. The lowest BCUT2D eigenvalue weighted by Gasteiger charge is -2.31. The highest BCUT2D eigenvalue weighted by atomic mass is 32.2. The molecule has 1 aromatic heterocycles. The third-order valence-electron chi connectivity index (χ3n) is 6.37. The number of thioether (sulfide) groups is 1. The Morgan fingerprint density at radius 2 is 2.03 bits per heavy atom. The summed E-state index contributed by atoms with van der Waals surface area (Å²) in [5.41, 5.74) is -0.571. The highest BCUT2D eigenvalue weighted by Crippen LogP contribution is 2.28. The van der Waals surface area contributed by atoms with Crippen molar-refractivity contribution < 1.29 is 9.53 Å². The number of amides is 1. The molecule has 8 heteroatoms. The smallest absolute Gasteiger partial charge is 0.231 e. The van der Waals surface area contributed by atoms with Crippen molar-refractivity contribution in [2.24, 2.45) is 5.92 Å². The molecule has 0 aromatic carbocycles. The van der Waals surface area contributed by atoms with Crippen LogP contribution in [-0.4, -0.2) is 57.8 Å². The van der Waals surface area contributed by atoms with E-state index < -0.39 is 5.54 Å². The molecule has 2 fully saturated rings. The van der Waals surface area contributed by atoms with Gasteiger partial charge in [0.1, 0.15) is 5.54 Å². The lowest BCUT2D eigenvalue weighted by atomic mass is 9.94. The van der Waals surface area contributed by atoms with Gasteiger partial charge in [0.2, 0.25) is 11.9 Å². The van der Waals surface area contributed by atoms with E-state index in [1.54, 1.807) is 0 Å². The maximum absolute atomic E-state index is 12.6. The van der Waals surface area contributed by atoms with Crippen LogP contribution < -0.4 is 10.2 Å². The first kappa shape index (κ1) is 23.0. The van der Waals surface area contributed by atoms with Gasteiger partial charge in [-0.3, -0.25) is 9.36 Å². The SMILES string of the molecule is C#CC(CC)(CC)NC(=O)CSc1nnc(N2CCC(C)CC2)n1CC1CCCO1. The molecule has 2 saturated heterocycles. The molecule has 7 nitrogen and oxygen atoms in total. The molecule has 0 saturated carbocycles. The fraction of sp³-hybridized carbons (Fsp3) is 0.773. The number of carbonyl (C=O) groups excluding carboxylic acids is 1. The van der Waals surface area contributed by atoms with Crippen LogP contribution in [0.1, 0.15) is 59.3 Å². The zero-order valence-electron chi connectivity index (χ0n) is 18.5. The van der Waals surface area contributed by atoms with E-state index in [9.17, 15) is 4.79 Å². The van der Waals surface area contributed by atoms with Crippen LogP contribution >= 0.6 is 11.8 Å². The van der Waals surface area contributed by atoms with Crippen LogP contribution in [0.5, 0.6) is 0 Å². The number of ether oxygens (including phenoxy) is 1. The number of nitrogens with one attached hydrogen (secondary N) is 1. The average Bonchev–Trinajstić information content (AvgIpc) is 3.42. The highest BCUT2D eigenvalue weighted by molar-refractivity contribution is 7.99. The summed E-state index contributed by atoms with van der Waals surface area (Å²) in [6.45, 7) is 9.84. The number of rotatable bonds is 9. The Labute approximate surface area is 184 Å². The summed E-state index contributed by atoms with van der Waals surface area (Å²) in [6, 6.07) is 0. The molecule has 2 aliphatic rings. The van der Waals surface area contributed by atoms with E-state index in [4.69, 9.17) is 11.2 Å². The standard InChI is InChI=1S/C22H35N5O2S/c1-5-22(6-2,7-3)23-19(28)16-30-21-25-24-20(26-12-10-17(4)11-13-26)27(21)15-18-9-8-14-29-18/h1,17-18H,6-16H2,2-4H3,(H,23,28). The monoisotopic (exact) mass is 433 g/mol. The zero-order chi connectivity index (χ0) is 21.6. The fourth-order valence-corrected chi connectivity index (χ4v) is 4.83. The molecule has 0 spiro atoms. The van der Waals surface area contributed by atoms with Crippen LogP contribution in [0.2, 0.25) is 0 Å². The Balaban J connectivity index is 1.70. The van der Waals surface area contributed by atoms with Crippen molar-refractivity contribution in [3.05, 3.63) is 0 Å². The van der Waals surface area contributed by atoms with Crippen LogP contribution in [0.3, 0.4) is 0 Å². The van der Waals surface area contributed by atoms with Crippen LogP contribution in [0, 0.1) is 18.3 Å². The van der Waals surface area contributed by atoms with Gasteiger partial charge < -0.3 is 15.0 Å². The largest absolute Gasteiger partial charge is 0.376 e. The topological polar surface area (TPSA) is 72.3 Å². The van der Waals surface area contributed by atoms with E-state index in [2.05, 4.69) is 37.8 Å². The zero-order valence-corrected chi connectivity index (χ0v) is 19.3. The normalized spacial score (nSPS) is 20.3. The van der Waals surface area contributed by atoms with Gasteiger partial charge >= 0.3 is 0 Å². The van der Waals surface area contributed by atoms with Gasteiger partial charge in [-0.05, 0) is 44.4 Å². The average molecular weight is 434 g/mol. The Morgan fingerprint density at radius 3 is 2.63 bits per heavy atom. The van der Waals surface area contributed by atoms with Gasteiger partial charge in [-0.25, -0.2) is 0 Å². The number of piperidine rings is 1. The van der Waals surface area contributed by atoms with E-state index in [1.807, 2.05) is 13.8 Å². The summed E-state index contributed by atoms with van der Waals surface area (Å²) in [4.78, 5) is 14.9. The molecule has 0 radical (unpaired) electrons. The van der Waals surface area contributed by atoms with Crippen LogP contribution in [0.4, 0.5) is 5.95 Å². The number of carbonyl (C=O) groups is 1. The van der Waals surface area contributed by atoms with Crippen molar-refractivity contribution in [1.29, 1.82) is 0 Å². The van der Waals surface area contributed by atoms with Crippen molar-refractivity contribution in [3.63, 3.8) is 0 Å². The summed E-state index contributed by atoms with van der Waals surface area (Å²) in [5.74, 6) is 4.61. The van der Waals surface area contributed by atoms with Gasteiger partial charge in [-0.2, -0.15) is 0 Å². The summed E-state index contributed by atoms with van der Waals surface area (Å²) in [6.07, 6.45) is 11.8. The number of nitrogens with zero attached hydrogens (tertiary/aromatic N) is 4. The molecule has 0 bridgehead atoms. The summed E-state index contributed by atoms with van der Waals surface area (Å²) in [5, 5.41) is 12.7. The quantitative estimate of drug-likeness (QED) is 0.477. The Morgan fingerprint density at radius 1 is 1.30 bits per heavy atom. The first-order valence-corrected chi connectivity index (χ1v) is 12.2. The minimum atomic E-state index is -0.571. The van der Waals surface area contributed by atoms with Gasteiger partial charge in [-0.1, -0.05) is 38.5 Å². The molecular formula is C22H35N5O2S. The van der Waals surface area contributed by atoms with Gasteiger partial charge in [0.05, 0.1) is 18.4 Å². The third kappa shape index (κ3) is 5.50. The molecule has 1 unspecified atom stereocenters. The van der Waals surface area contributed by atoms with E-state index in [1.165, 1.54) is 24.6 Å². The van der Waals surface area contributed by atoms with Crippen molar-refractivity contribution in [1.82, 2.24) is 20.1 Å². The third-order valence-corrected chi connectivity index (χ3v) is 7.34. The van der Waals surface area contributed by atoms with Crippen molar-refractivity contribution in [3.8, 4) is 12.3 Å². The number of hydrogen-bond donors (Lipinski definition) is 1. The van der Waals surface area contributed by atoms with Gasteiger partial charge in [0, 0.05) is 19.7 Å². The molecular weight excluding hydrogens is 398 g/mol.